The first-order valence-corrected chi connectivity index (χ1v) is 8.35. The van der Waals surface area contributed by atoms with Crippen LogP contribution in [-0.4, -0.2) is 26.2 Å². The second-order valence-electron chi connectivity index (χ2n) is 6.26. The molecule has 1 N–H and O–H groups in total. The zero-order chi connectivity index (χ0) is 15.2. The topological polar surface area (TPSA) is 15.3 Å². The first-order chi connectivity index (χ1) is 10.2. The second-order valence-corrected chi connectivity index (χ2v) is 6.26. The Labute approximate surface area is 128 Å². The van der Waals surface area contributed by atoms with Crippen LogP contribution in [0, 0.1) is 17.7 Å². The predicted molar refractivity (Wildman–Crippen MR) is 88.3 cm³/mol. The number of rotatable bonds is 6. The minimum Gasteiger partial charge on any atom is -0.371 e. The molecule has 0 amide bonds. The summed E-state index contributed by atoms with van der Waals surface area (Å²) in [5, 5.41) is 3.49. The van der Waals surface area contributed by atoms with Crippen molar-refractivity contribution in [1.82, 2.24) is 5.32 Å². The highest BCUT2D eigenvalue weighted by molar-refractivity contribution is 5.46. The van der Waals surface area contributed by atoms with E-state index >= 15 is 0 Å². The van der Waals surface area contributed by atoms with Crippen molar-refractivity contribution >= 4 is 5.69 Å². The SMILES string of the molecule is CCC1CCC(NC)C(CN(CC)c2cccc(F)c2)C1. The molecule has 1 aliphatic rings. The normalized spacial score (nSPS) is 25.8. The largest absolute Gasteiger partial charge is 0.371 e. The summed E-state index contributed by atoms with van der Waals surface area (Å²) in [7, 11) is 2.07. The standard InChI is InChI=1S/C18H29FN2/c1-4-14-9-10-18(20-3)15(11-14)13-21(5-2)17-8-6-7-16(19)12-17/h6-8,12,14-15,18,20H,4-5,9-11,13H2,1-3H3. The molecule has 0 heterocycles. The summed E-state index contributed by atoms with van der Waals surface area (Å²) < 4.78 is 13.5. The number of hydrogen-bond acceptors (Lipinski definition) is 2. The fraction of sp³-hybridized carbons (Fsp3) is 0.667. The Kier molecular flexibility index (Phi) is 6.04. The molecule has 2 nitrogen and oxygen atoms in total. The fourth-order valence-corrected chi connectivity index (χ4v) is 3.69. The molecular weight excluding hydrogens is 263 g/mol. The molecule has 1 aromatic carbocycles. The Bertz CT molecular complexity index is 435. The van der Waals surface area contributed by atoms with E-state index in [1.54, 1.807) is 12.1 Å². The highest BCUT2D eigenvalue weighted by Crippen LogP contribution is 2.32. The van der Waals surface area contributed by atoms with Gasteiger partial charge < -0.3 is 10.2 Å². The van der Waals surface area contributed by atoms with Crippen LogP contribution in [0.4, 0.5) is 10.1 Å². The van der Waals surface area contributed by atoms with E-state index in [1.807, 2.05) is 6.07 Å². The van der Waals surface area contributed by atoms with Gasteiger partial charge in [-0.05, 0) is 63.3 Å². The Balaban J connectivity index is 2.08. The zero-order valence-corrected chi connectivity index (χ0v) is 13.6. The summed E-state index contributed by atoms with van der Waals surface area (Å²) >= 11 is 0. The van der Waals surface area contributed by atoms with Crippen LogP contribution < -0.4 is 10.2 Å². The highest BCUT2D eigenvalue weighted by atomic mass is 19.1. The molecule has 3 unspecified atom stereocenters. The van der Waals surface area contributed by atoms with E-state index in [9.17, 15) is 4.39 Å². The summed E-state index contributed by atoms with van der Waals surface area (Å²) in [6.45, 7) is 6.39. The molecule has 0 aliphatic heterocycles. The molecule has 0 saturated heterocycles. The fourth-order valence-electron chi connectivity index (χ4n) is 3.69. The second kappa shape index (κ2) is 7.79. The number of anilines is 1. The van der Waals surface area contributed by atoms with E-state index in [0.29, 0.717) is 12.0 Å². The van der Waals surface area contributed by atoms with E-state index in [2.05, 4.69) is 31.1 Å². The zero-order valence-electron chi connectivity index (χ0n) is 13.6. The monoisotopic (exact) mass is 292 g/mol. The van der Waals surface area contributed by atoms with Crippen molar-refractivity contribution in [3.8, 4) is 0 Å². The molecule has 1 aromatic rings. The molecule has 1 fully saturated rings. The van der Waals surface area contributed by atoms with Crippen LogP contribution >= 0.6 is 0 Å². The number of halogens is 1. The molecule has 3 heteroatoms. The van der Waals surface area contributed by atoms with Crippen molar-refractivity contribution < 1.29 is 4.39 Å². The molecule has 1 aliphatic carbocycles. The quantitative estimate of drug-likeness (QED) is 0.850. The van der Waals surface area contributed by atoms with E-state index in [0.717, 1.165) is 24.7 Å². The lowest BCUT2D eigenvalue weighted by Gasteiger charge is -2.39. The summed E-state index contributed by atoms with van der Waals surface area (Å²) in [6, 6.07) is 7.58. The van der Waals surface area contributed by atoms with Crippen molar-refractivity contribution in [1.29, 1.82) is 0 Å². The van der Waals surface area contributed by atoms with E-state index in [4.69, 9.17) is 0 Å². The van der Waals surface area contributed by atoms with E-state index < -0.39 is 0 Å². The van der Waals surface area contributed by atoms with E-state index in [-0.39, 0.29) is 5.82 Å². The molecule has 0 bridgehead atoms. The molecule has 0 radical (unpaired) electrons. The Morgan fingerprint density at radius 1 is 1.29 bits per heavy atom. The van der Waals surface area contributed by atoms with Crippen molar-refractivity contribution in [3.63, 3.8) is 0 Å². The average Bonchev–Trinajstić information content (AvgIpc) is 2.52. The van der Waals surface area contributed by atoms with Crippen LogP contribution in [0.5, 0.6) is 0 Å². The van der Waals surface area contributed by atoms with Gasteiger partial charge in [-0.1, -0.05) is 19.4 Å². The maximum absolute atomic E-state index is 13.5. The minimum atomic E-state index is -0.147. The van der Waals surface area contributed by atoms with Crippen LogP contribution in [0.15, 0.2) is 24.3 Å². The van der Waals surface area contributed by atoms with Crippen LogP contribution in [-0.2, 0) is 0 Å². The Morgan fingerprint density at radius 2 is 2.10 bits per heavy atom. The first kappa shape index (κ1) is 16.3. The summed E-state index contributed by atoms with van der Waals surface area (Å²) in [4.78, 5) is 2.32. The predicted octanol–water partition coefficient (Wildman–Crippen LogP) is 4.07. The van der Waals surface area contributed by atoms with Crippen LogP contribution in [0.2, 0.25) is 0 Å². The van der Waals surface area contributed by atoms with Gasteiger partial charge in [0, 0.05) is 24.8 Å². The van der Waals surface area contributed by atoms with Gasteiger partial charge in [-0.25, -0.2) is 4.39 Å². The van der Waals surface area contributed by atoms with Gasteiger partial charge in [0.15, 0.2) is 0 Å². The summed E-state index contributed by atoms with van der Waals surface area (Å²) in [5.74, 6) is 1.36. The van der Waals surface area contributed by atoms with Crippen molar-refractivity contribution in [2.75, 3.05) is 25.0 Å². The molecule has 3 atom stereocenters. The number of benzene rings is 1. The van der Waals surface area contributed by atoms with Crippen molar-refractivity contribution in [2.24, 2.45) is 11.8 Å². The molecule has 1 saturated carbocycles. The van der Waals surface area contributed by atoms with Crippen LogP contribution in [0.1, 0.15) is 39.5 Å². The van der Waals surface area contributed by atoms with Gasteiger partial charge in [0.2, 0.25) is 0 Å². The van der Waals surface area contributed by atoms with Gasteiger partial charge >= 0.3 is 0 Å². The van der Waals surface area contributed by atoms with Crippen LogP contribution in [0.3, 0.4) is 0 Å². The van der Waals surface area contributed by atoms with Gasteiger partial charge in [0.25, 0.3) is 0 Å². The minimum absolute atomic E-state index is 0.147. The van der Waals surface area contributed by atoms with Gasteiger partial charge in [-0.15, -0.1) is 0 Å². The third kappa shape index (κ3) is 4.19. The molecule has 0 aromatic heterocycles. The van der Waals surface area contributed by atoms with Crippen LogP contribution in [0.25, 0.3) is 0 Å². The number of nitrogens with zero attached hydrogens (tertiary/aromatic N) is 1. The summed E-state index contributed by atoms with van der Waals surface area (Å²) in [6.07, 6.45) is 5.16. The first-order valence-electron chi connectivity index (χ1n) is 8.35. The third-order valence-corrected chi connectivity index (χ3v) is 5.05. The molecule has 118 valence electrons. The Hall–Kier alpha value is -1.09. The Morgan fingerprint density at radius 3 is 2.71 bits per heavy atom. The maximum Gasteiger partial charge on any atom is 0.125 e. The van der Waals surface area contributed by atoms with Gasteiger partial charge in [-0.3, -0.25) is 0 Å². The smallest absolute Gasteiger partial charge is 0.125 e. The van der Waals surface area contributed by atoms with Gasteiger partial charge in [0.05, 0.1) is 0 Å². The van der Waals surface area contributed by atoms with Gasteiger partial charge in [0.1, 0.15) is 5.82 Å². The highest BCUT2D eigenvalue weighted by Gasteiger charge is 2.30. The van der Waals surface area contributed by atoms with Gasteiger partial charge in [-0.2, -0.15) is 0 Å². The lowest BCUT2D eigenvalue weighted by molar-refractivity contribution is 0.209. The number of hydrogen-bond donors (Lipinski definition) is 1. The molecule has 21 heavy (non-hydrogen) atoms. The molecular formula is C18H29FN2. The number of nitrogens with one attached hydrogen (secondary N) is 1. The lowest BCUT2D eigenvalue weighted by atomic mass is 9.76. The molecule has 2 rings (SSSR count). The average molecular weight is 292 g/mol. The maximum atomic E-state index is 13.5. The third-order valence-electron chi connectivity index (χ3n) is 5.05. The lowest BCUT2D eigenvalue weighted by Crippen LogP contribution is -2.44. The van der Waals surface area contributed by atoms with Crippen molar-refractivity contribution in [2.45, 2.75) is 45.6 Å². The molecule has 0 spiro atoms. The summed E-state index contributed by atoms with van der Waals surface area (Å²) in [5.41, 5.74) is 1.01. The van der Waals surface area contributed by atoms with E-state index in [1.165, 1.54) is 31.7 Å². The van der Waals surface area contributed by atoms with Crippen molar-refractivity contribution in [3.05, 3.63) is 30.1 Å².